The fourth-order valence-corrected chi connectivity index (χ4v) is 5.30. The summed E-state index contributed by atoms with van der Waals surface area (Å²) in [6.07, 6.45) is 1.43. The van der Waals surface area contributed by atoms with Crippen LogP contribution in [0.3, 0.4) is 0 Å². The molecular formula is C25H21ClFN3O6S. The number of anilines is 1. The topological polar surface area (TPSA) is 106 Å². The molecule has 0 spiro atoms. The average molecular weight is 546 g/mol. The van der Waals surface area contributed by atoms with Crippen LogP contribution < -0.4 is 9.64 Å². The Labute approximate surface area is 216 Å². The highest BCUT2D eigenvalue weighted by Crippen LogP contribution is 2.35. The first-order chi connectivity index (χ1) is 17.8. The first-order valence-electron chi connectivity index (χ1n) is 11.3. The van der Waals surface area contributed by atoms with Gasteiger partial charge in [0.1, 0.15) is 0 Å². The van der Waals surface area contributed by atoms with Crippen molar-refractivity contribution in [3.8, 4) is 17.4 Å². The summed E-state index contributed by atoms with van der Waals surface area (Å²) in [6.45, 7) is 0.790. The maximum atomic E-state index is 13.8. The molecule has 1 fully saturated rings. The number of ether oxygens (including phenoxy) is 1. The quantitative estimate of drug-likeness (QED) is 0.339. The summed E-state index contributed by atoms with van der Waals surface area (Å²) in [4.78, 5) is 20.2. The van der Waals surface area contributed by atoms with E-state index in [9.17, 15) is 17.6 Å². The Balaban J connectivity index is 1.35. The number of rotatable bonds is 7. The molecule has 5 rings (SSSR count). The lowest BCUT2D eigenvalue weighted by atomic mass is 10.3. The zero-order chi connectivity index (χ0) is 26.0. The minimum Gasteiger partial charge on any atom is -0.481 e. The first kappa shape index (κ1) is 24.8. The summed E-state index contributed by atoms with van der Waals surface area (Å²) in [7, 11) is -4.06. The Hall–Kier alpha value is -3.83. The Morgan fingerprint density at radius 1 is 1.03 bits per heavy atom. The van der Waals surface area contributed by atoms with E-state index in [0.29, 0.717) is 5.02 Å². The lowest BCUT2D eigenvalue weighted by Crippen LogP contribution is -2.50. The van der Waals surface area contributed by atoms with Crippen LogP contribution in [-0.2, 0) is 14.6 Å². The molecule has 2 aromatic carbocycles. The molecule has 0 saturated carbocycles. The highest BCUT2D eigenvalue weighted by atomic mass is 35.5. The van der Waals surface area contributed by atoms with Crippen LogP contribution in [0.25, 0.3) is 11.7 Å². The van der Waals surface area contributed by atoms with Crippen LogP contribution in [0.15, 0.2) is 85.7 Å². The van der Waals surface area contributed by atoms with Gasteiger partial charge in [0.15, 0.2) is 23.9 Å². The van der Waals surface area contributed by atoms with Crippen LogP contribution in [0.1, 0.15) is 0 Å². The number of sulfone groups is 1. The average Bonchev–Trinajstić information content (AvgIpc) is 3.59. The van der Waals surface area contributed by atoms with Gasteiger partial charge in [-0.05, 0) is 48.5 Å². The van der Waals surface area contributed by atoms with Crippen molar-refractivity contribution in [1.29, 1.82) is 0 Å². The van der Waals surface area contributed by atoms with Crippen LogP contribution in [0.5, 0.6) is 5.75 Å². The van der Waals surface area contributed by atoms with E-state index in [1.54, 1.807) is 28.0 Å². The second-order valence-corrected chi connectivity index (χ2v) is 10.5. The van der Waals surface area contributed by atoms with Crippen LogP contribution in [0, 0.1) is 5.82 Å². The van der Waals surface area contributed by atoms with E-state index < -0.39 is 15.7 Å². The fraction of sp³-hybridized carbons (Fsp3) is 0.200. The zero-order valence-corrected chi connectivity index (χ0v) is 20.9. The SMILES string of the molecule is O=C(COc1ccccc1F)N1CCN(c2oc(-c3ccco3)nc2S(=O)(=O)c2ccc(Cl)cc2)CC1. The highest BCUT2D eigenvalue weighted by molar-refractivity contribution is 7.91. The highest BCUT2D eigenvalue weighted by Gasteiger charge is 2.34. The summed E-state index contributed by atoms with van der Waals surface area (Å²) in [5.74, 6) is -0.519. The van der Waals surface area contributed by atoms with Crippen molar-refractivity contribution in [2.24, 2.45) is 0 Å². The maximum Gasteiger partial charge on any atom is 0.266 e. The molecular weight excluding hydrogens is 525 g/mol. The van der Waals surface area contributed by atoms with Gasteiger partial charge in [-0.15, -0.1) is 0 Å². The van der Waals surface area contributed by atoms with Crippen molar-refractivity contribution in [1.82, 2.24) is 9.88 Å². The standard InChI is InChI=1S/C25H21ClFN3O6S/c26-17-7-9-18(10-8-17)37(32,33)24-25(36-23(28-24)21-6-3-15-34-21)30-13-11-29(12-14-30)22(31)16-35-20-5-2-1-4-19(20)27/h1-10,15H,11-14,16H2. The van der Waals surface area contributed by atoms with Gasteiger partial charge < -0.3 is 23.4 Å². The van der Waals surface area contributed by atoms with E-state index in [4.69, 9.17) is 25.2 Å². The summed E-state index contributed by atoms with van der Waals surface area (Å²) in [6, 6.07) is 14.9. The van der Waals surface area contributed by atoms with Gasteiger partial charge in [0.2, 0.25) is 20.7 Å². The number of hydrogen-bond donors (Lipinski definition) is 0. The summed E-state index contributed by atoms with van der Waals surface area (Å²) >= 11 is 5.93. The number of amides is 1. The number of oxazole rings is 1. The van der Waals surface area contributed by atoms with Crippen molar-refractivity contribution < 1.29 is 31.2 Å². The van der Waals surface area contributed by atoms with Gasteiger partial charge in [-0.25, -0.2) is 12.8 Å². The normalized spacial score (nSPS) is 14.1. The van der Waals surface area contributed by atoms with Crippen LogP contribution in [0.2, 0.25) is 5.02 Å². The molecule has 1 aliphatic heterocycles. The van der Waals surface area contributed by atoms with Gasteiger partial charge in [-0.1, -0.05) is 23.7 Å². The third-order valence-electron chi connectivity index (χ3n) is 5.80. The minimum atomic E-state index is -4.06. The molecule has 9 nitrogen and oxygen atoms in total. The number of hydrogen-bond acceptors (Lipinski definition) is 8. The number of piperazine rings is 1. The second kappa shape index (κ2) is 10.3. The van der Waals surface area contributed by atoms with Crippen molar-refractivity contribution >= 4 is 33.2 Å². The lowest BCUT2D eigenvalue weighted by Gasteiger charge is -2.34. The summed E-state index contributed by atoms with van der Waals surface area (Å²) in [5, 5.41) is 0.138. The molecule has 0 bridgehead atoms. The molecule has 3 heterocycles. The molecule has 1 saturated heterocycles. The molecule has 0 N–H and O–H groups in total. The predicted molar refractivity (Wildman–Crippen MR) is 132 cm³/mol. The lowest BCUT2D eigenvalue weighted by molar-refractivity contribution is -0.133. The van der Waals surface area contributed by atoms with E-state index in [0.717, 1.165) is 0 Å². The zero-order valence-electron chi connectivity index (χ0n) is 19.3. The number of aromatic nitrogens is 1. The number of halogens is 2. The van der Waals surface area contributed by atoms with E-state index in [1.165, 1.54) is 48.7 Å². The molecule has 12 heteroatoms. The smallest absolute Gasteiger partial charge is 0.266 e. The van der Waals surface area contributed by atoms with Gasteiger partial charge in [-0.2, -0.15) is 4.98 Å². The Kier molecular flexibility index (Phi) is 6.90. The number of para-hydroxylation sites is 1. The molecule has 4 aromatic rings. The Morgan fingerprint density at radius 2 is 1.76 bits per heavy atom. The van der Waals surface area contributed by atoms with E-state index in [2.05, 4.69) is 4.98 Å². The van der Waals surface area contributed by atoms with Crippen LogP contribution in [0.4, 0.5) is 10.3 Å². The summed E-state index contributed by atoms with van der Waals surface area (Å²) in [5.41, 5.74) is 0. The van der Waals surface area contributed by atoms with Gasteiger partial charge >= 0.3 is 0 Å². The monoisotopic (exact) mass is 545 g/mol. The van der Waals surface area contributed by atoms with Crippen LogP contribution >= 0.6 is 11.6 Å². The first-order valence-corrected chi connectivity index (χ1v) is 13.1. The molecule has 0 unspecified atom stereocenters. The van der Waals surface area contributed by atoms with Gasteiger partial charge in [0, 0.05) is 31.2 Å². The molecule has 2 aromatic heterocycles. The van der Waals surface area contributed by atoms with Crippen LogP contribution in [-0.4, -0.2) is 57.0 Å². The fourth-order valence-electron chi connectivity index (χ4n) is 3.86. The van der Waals surface area contributed by atoms with E-state index in [-0.39, 0.29) is 71.9 Å². The number of furan rings is 1. The molecule has 0 atom stereocenters. The third-order valence-corrected chi connectivity index (χ3v) is 7.72. The number of carbonyl (C=O) groups excluding carboxylic acids is 1. The van der Waals surface area contributed by atoms with E-state index >= 15 is 0 Å². The largest absolute Gasteiger partial charge is 0.481 e. The summed E-state index contributed by atoms with van der Waals surface area (Å²) < 4.78 is 57.3. The molecule has 0 radical (unpaired) electrons. The van der Waals surface area contributed by atoms with E-state index in [1.807, 2.05) is 0 Å². The molecule has 0 aliphatic carbocycles. The molecule has 192 valence electrons. The number of carbonyl (C=O) groups is 1. The van der Waals surface area contributed by atoms with Gasteiger partial charge in [-0.3, -0.25) is 4.79 Å². The number of benzene rings is 2. The predicted octanol–water partition coefficient (Wildman–Crippen LogP) is 4.29. The van der Waals surface area contributed by atoms with Crippen molar-refractivity contribution in [2.45, 2.75) is 9.92 Å². The third kappa shape index (κ3) is 5.18. The second-order valence-electron chi connectivity index (χ2n) is 8.15. The van der Waals surface area contributed by atoms with Gasteiger partial charge in [0.25, 0.3) is 11.8 Å². The maximum absolute atomic E-state index is 13.8. The number of nitrogens with zero attached hydrogens (tertiary/aromatic N) is 3. The van der Waals surface area contributed by atoms with Gasteiger partial charge in [0.05, 0.1) is 11.2 Å². The minimum absolute atomic E-state index is 0.00125. The van der Waals surface area contributed by atoms with Crippen molar-refractivity contribution in [2.75, 3.05) is 37.7 Å². The molecule has 1 amide bonds. The molecule has 37 heavy (non-hydrogen) atoms. The molecule has 1 aliphatic rings. The Morgan fingerprint density at radius 3 is 2.43 bits per heavy atom. The van der Waals surface area contributed by atoms with Crippen molar-refractivity contribution in [3.63, 3.8) is 0 Å². The Bertz CT molecular complexity index is 1500. The van der Waals surface area contributed by atoms with Crippen molar-refractivity contribution in [3.05, 3.63) is 77.8 Å².